The van der Waals surface area contributed by atoms with Crippen molar-refractivity contribution in [2.45, 2.75) is 6.92 Å². The van der Waals surface area contributed by atoms with Crippen LogP contribution in [0.1, 0.15) is 26.7 Å². The van der Waals surface area contributed by atoms with Crippen LogP contribution >= 0.6 is 15.9 Å². The fraction of sp³-hybridized carbons (Fsp3) is 0.111. The summed E-state index contributed by atoms with van der Waals surface area (Å²) < 4.78 is 5.37. The third-order valence-corrected chi connectivity index (χ3v) is 2.39. The van der Waals surface area contributed by atoms with E-state index in [9.17, 15) is 9.59 Å². The molecular formula is C9H5BrO3. The Labute approximate surface area is 82.5 Å². The first-order valence-corrected chi connectivity index (χ1v) is 4.45. The molecule has 1 aliphatic rings. The molecule has 3 nitrogen and oxygen atoms in total. The number of carbonyl (C=O) groups excluding carboxylic acids is 2. The summed E-state index contributed by atoms with van der Waals surface area (Å²) in [5.41, 5.74) is 0.353. The van der Waals surface area contributed by atoms with Crippen molar-refractivity contribution in [2.75, 3.05) is 0 Å². The molecule has 2 rings (SSSR count). The van der Waals surface area contributed by atoms with Gasteiger partial charge in [0.05, 0.1) is 10.0 Å². The van der Waals surface area contributed by atoms with E-state index in [1.54, 1.807) is 13.0 Å². The zero-order valence-corrected chi connectivity index (χ0v) is 8.34. The minimum Gasteiger partial charge on any atom is -0.457 e. The van der Waals surface area contributed by atoms with Crippen molar-refractivity contribution in [2.24, 2.45) is 0 Å². The van der Waals surface area contributed by atoms with Crippen LogP contribution in [0.15, 0.2) is 21.0 Å². The minimum absolute atomic E-state index is 0.136. The summed E-state index contributed by atoms with van der Waals surface area (Å²) in [4.78, 5) is 22.8. The number of halogens is 1. The second-order valence-electron chi connectivity index (χ2n) is 2.79. The molecule has 0 fully saturated rings. The van der Waals surface area contributed by atoms with E-state index in [0.29, 0.717) is 11.3 Å². The molecule has 0 radical (unpaired) electrons. The van der Waals surface area contributed by atoms with E-state index in [1.807, 2.05) is 0 Å². The number of rotatable bonds is 0. The number of allylic oxidation sites excluding steroid dienone is 2. The van der Waals surface area contributed by atoms with Crippen LogP contribution in [0.2, 0.25) is 0 Å². The number of aryl methyl sites for hydroxylation is 1. The predicted octanol–water partition coefficient (Wildman–Crippen LogP) is 2.25. The zero-order chi connectivity index (χ0) is 9.59. The number of ketones is 2. The molecule has 4 heteroatoms. The number of hydrogen-bond donors (Lipinski definition) is 0. The lowest BCUT2D eigenvalue weighted by Gasteiger charge is -2.03. The highest BCUT2D eigenvalue weighted by atomic mass is 79.9. The summed E-state index contributed by atoms with van der Waals surface area (Å²) >= 11 is 3.00. The Bertz CT molecular complexity index is 440. The van der Waals surface area contributed by atoms with E-state index in [-0.39, 0.29) is 21.8 Å². The van der Waals surface area contributed by atoms with E-state index in [1.165, 1.54) is 6.08 Å². The van der Waals surface area contributed by atoms with Gasteiger partial charge in [0, 0.05) is 6.08 Å². The van der Waals surface area contributed by atoms with Crippen LogP contribution in [-0.4, -0.2) is 11.6 Å². The van der Waals surface area contributed by atoms with Gasteiger partial charge < -0.3 is 4.42 Å². The quantitative estimate of drug-likeness (QED) is 0.699. The van der Waals surface area contributed by atoms with Gasteiger partial charge in [-0.15, -0.1) is 0 Å². The molecule has 1 aromatic rings. The lowest BCUT2D eigenvalue weighted by molar-refractivity contribution is 0.0972. The fourth-order valence-electron chi connectivity index (χ4n) is 1.23. The van der Waals surface area contributed by atoms with E-state index < -0.39 is 0 Å². The highest BCUT2D eigenvalue weighted by Crippen LogP contribution is 2.26. The van der Waals surface area contributed by atoms with Crippen LogP contribution < -0.4 is 0 Å². The van der Waals surface area contributed by atoms with Gasteiger partial charge in [-0.2, -0.15) is 0 Å². The highest BCUT2D eigenvalue weighted by molar-refractivity contribution is 9.12. The van der Waals surface area contributed by atoms with Gasteiger partial charge in [0.1, 0.15) is 5.76 Å². The molecule has 1 aliphatic carbocycles. The predicted molar refractivity (Wildman–Crippen MR) is 49.1 cm³/mol. The van der Waals surface area contributed by atoms with E-state index in [2.05, 4.69) is 15.9 Å². The number of furan rings is 1. The van der Waals surface area contributed by atoms with Crippen LogP contribution in [0, 0.1) is 6.92 Å². The first kappa shape index (κ1) is 8.44. The maximum Gasteiger partial charge on any atom is 0.236 e. The molecule has 0 aromatic carbocycles. The van der Waals surface area contributed by atoms with Crippen LogP contribution in [0.4, 0.5) is 0 Å². The first-order valence-electron chi connectivity index (χ1n) is 3.66. The van der Waals surface area contributed by atoms with Crippen molar-refractivity contribution in [3.8, 4) is 0 Å². The average molecular weight is 241 g/mol. The minimum atomic E-state index is -0.275. The van der Waals surface area contributed by atoms with Crippen molar-refractivity contribution in [3.63, 3.8) is 0 Å². The smallest absolute Gasteiger partial charge is 0.236 e. The molecule has 1 aromatic heterocycles. The molecule has 0 amide bonds. The average Bonchev–Trinajstić information content (AvgIpc) is 2.44. The molecule has 1 heterocycles. The maximum atomic E-state index is 11.4. The summed E-state index contributed by atoms with van der Waals surface area (Å²) in [5, 5.41) is 0. The first-order chi connectivity index (χ1) is 6.09. The van der Waals surface area contributed by atoms with Gasteiger partial charge >= 0.3 is 0 Å². The summed E-state index contributed by atoms with van der Waals surface area (Å²) in [6.45, 7) is 1.70. The van der Waals surface area contributed by atoms with Crippen molar-refractivity contribution in [1.29, 1.82) is 0 Å². The summed E-state index contributed by atoms with van der Waals surface area (Å²) in [6, 6.07) is 1.57. The molecule has 13 heavy (non-hydrogen) atoms. The molecular weight excluding hydrogens is 236 g/mol. The molecule has 0 saturated heterocycles. The van der Waals surface area contributed by atoms with Crippen molar-refractivity contribution >= 4 is 27.5 Å². The standard InChI is InChI=1S/C9H5BrO3/c1-4-2-5-7(11)3-6(10)8(12)9(5)13-4/h2-3H,1H3. The normalized spacial score (nSPS) is 15.7. The second-order valence-corrected chi connectivity index (χ2v) is 3.64. The monoisotopic (exact) mass is 240 g/mol. The molecule has 0 spiro atoms. The van der Waals surface area contributed by atoms with Crippen LogP contribution in [0.5, 0.6) is 0 Å². The lowest BCUT2D eigenvalue weighted by atomic mass is 10.0. The Hall–Kier alpha value is -1.16. The molecule has 0 atom stereocenters. The number of carbonyl (C=O) groups is 2. The Balaban J connectivity index is 2.67. The molecule has 0 unspecified atom stereocenters. The summed E-state index contributed by atoms with van der Waals surface area (Å²) in [5.74, 6) is 0.236. The van der Waals surface area contributed by atoms with Gasteiger partial charge in [-0.3, -0.25) is 9.59 Å². The van der Waals surface area contributed by atoms with Gasteiger partial charge in [0.25, 0.3) is 0 Å². The maximum absolute atomic E-state index is 11.4. The zero-order valence-electron chi connectivity index (χ0n) is 6.76. The second kappa shape index (κ2) is 2.67. The lowest BCUT2D eigenvalue weighted by Crippen LogP contribution is -2.11. The molecule has 0 aliphatic heterocycles. The van der Waals surface area contributed by atoms with E-state index in [0.717, 1.165) is 0 Å². The molecule has 0 saturated carbocycles. The van der Waals surface area contributed by atoms with E-state index in [4.69, 9.17) is 4.42 Å². The SMILES string of the molecule is Cc1cc2c(o1)C(=O)C(Br)=CC2=O. The van der Waals surface area contributed by atoms with Crippen molar-refractivity contribution < 1.29 is 14.0 Å². The van der Waals surface area contributed by atoms with E-state index >= 15 is 0 Å². The third kappa shape index (κ3) is 1.18. The Morgan fingerprint density at radius 2 is 2.08 bits per heavy atom. The number of hydrogen-bond acceptors (Lipinski definition) is 3. The van der Waals surface area contributed by atoms with Crippen LogP contribution in [0.25, 0.3) is 0 Å². The van der Waals surface area contributed by atoms with Crippen LogP contribution in [-0.2, 0) is 0 Å². The van der Waals surface area contributed by atoms with Gasteiger partial charge in [0.2, 0.25) is 5.78 Å². The Kier molecular flexibility index (Phi) is 1.73. The van der Waals surface area contributed by atoms with Crippen molar-refractivity contribution in [1.82, 2.24) is 0 Å². The fourth-order valence-corrected chi connectivity index (χ4v) is 1.62. The topological polar surface area (TPSA) is 47.3 Å². The third-order valence-electron chi connectivity index (χ3n) is 1.80. The van der Waals surface area contributed by atoms with Gasteiger partial charge in [-0.25, -0.2) is 0 Å². The molecule has 0 bridgehead atoms. The number of fused-ring (bicyclic) bond motifs is 1. The number of Topliss-reactive ketones (excluding diaryl/α,β-unsaturated/α-hetero) is 1. The van der Waals surface area contributed by atoms with Crippen LogP contribution in [0.3, 0.4) is 0 Å². The highest BCUT2D eigenvalue weighted by Gasteiger charge is 2.28. The summed E-state index contributed by atoms with van der Waals surface area (Å²) in [7, 11) is 0. The van der Waals surface area contributed by atoms with Gasteiger partial charge in [-0.05, 0) is 28.9 Å². The Morgan fingerprint density at radius 3 is 2.77 bits per heavy atom. The molecule has 0 N–H and O–H groups in total. The Morgan fingerprint density at radius 1 is 1.38 bits per heavy atom. The van der Waals surface area contributed by atoms with Crippen molar-refractivity contribution in [3.05, 3.63) is 33.7 Å². The largest absolute Gasteiger partial charge is 0.457 e. The molecule has 66 valence electrons. The van der Waals surface area contributed by atoms with Gasteiger partial charge in [-0.1, -0.05) is 0 Å². The summed E-state index contributed by atoms with van der Waals surface area (Å²) in [6.07, 6.45) is 1.26. The van der Waals surface area contributed by atoms with Gasteiger partial charge in [0.15, 0.2) is 11.5 Å².